The van der Waals surface area contributed by atoms with Crippen LogP contribution in [0.1, 0.15) is 27.2 Å². The summed E-state index contributed by atoms with van der Waals surface area (Å²) in [5, 5.41) is 3.02. The van der Waals surface area contributed by atoms with Crippen LogP contribution in [0.4, 0.5) is 4.39 Å². The molecule has 2 atom stereocenters. The lowest BCUT2D eigenvalue weighted by atomic mass is 9.53. The van der Waals surface area contributed by atoms with Gasteiger partial charge in [-0.25, -0.2) is 4.39 Å². The maximum atomic E-state index is 14.1. The normalized spacial score (nSPS) is 38.6. The molecule has 0 aromatic heterocycles. The number of halogens is 1. The number of alkyl halides is 1. The van der Waals surface area contributed by atoms with Crippen LogP contribution in [-0.2, 0) is 4.74 Å². The molecular weight excluding hydrogens is 181 g/mol. The predicted octanol–water partition coefficient (Wildman–Crippen LogP) is 1.75. The maximum absolute atomic E-state index is 14.1. The Hall–Kier alpha value is -0.150. The average Bonchev–Trinajstić information content (AvgIpc) is 2.08. The third kappa shape index (κ3) is 1.29. The second kappa shape index (κ2) is 3.17. The second-order valence-electron chi connectivity index (χ2n) is 5.19. The summed E-state index contributed by atoms with van der Waals surface area (Å²) in [6, 6.07) is 0. The quantitative estimate of drug-likeness (QED) is 0.751. The molecule has 0 aromatic carbocycles. The fraction of sp³-hybridized carbons (Fsp3) is 1.00. The Morgan fingerprint density at radius 3 is 2.43 bits per heavy atom. The van der Waals surface area contributed by atoms with Gasteiger partial charge in [0.2, 0.25) is 0 Å². The first kappa shape index (κ1) is 10.4. The summed E-state index contributed by atoms with van der Waals surface area (Å²) >= 11 is 0. The first-order valence-corrected chi connectivity index (χ1v) is 5.52. The van der Waals surface area contributed by atoms with Crippen molar-refractivity contribution in [2.45, 2.75) is 39.0 Å². The lowest BCUT2D eigenvalue weighted by molar-refractivity contribution is -0.193. The number of rotatable bonds is 3. The molecule has 0 aromatic rings. The minimum atomic E-state index is -0.961. The van der Waals surface area contributed by atoms with Gasteiger partial charge in [-0.2, -0.15) is 0 Å². The minimum absolute atomic E-state index is 0.00681. The molecule has 14 heavy (non-hydrogen) atoms. The van der Waals surface area contributed by atoms with Gasteiger partial charge >= 0.3 is 0 Å². The highest BCUT2D eigenvalue weighted by Gasteiger charge is 2.60. The summed E-state index contributed by atoms with van der Waals surface area (Å²) < 4.78 is 19.7. The molecule has 1 saturated heterocycles. The van der Waals surface area contributed by atoms with Crippen LogP contribution >= 0.6 is 0 Å². The zero-order valence-corrected chi connectivity index (χ0v) is 9.27. The SMILES string of the molecule is CCOC1CC(C2(F)CNC2)C1(C)C. The third-order valence-corrected chi connectivity index (χ3v) is 4.01. The van der Waals surface area contributed by atoms with Gasteiger partial charge in [0.05, 0.1) is 6.10 Å². The molecule has 2 rings (SSSR count). The maximum Gasteiger partial charge on any atom is 0.139 e. The Morgan fingerprint density at radius 1 is 1.43 bits per heavy atom. The Labute approximate surface area is 85.2 Å². The lowest BCUT2D eigenvalue weighted by Gasteiger charge is -2.59. The van der Waals surface area contributed by atoms with Crippen molar-refractivity contribution >= 4 is 0 Å². The van der Waals surface area contributed by atoms with Gasteiger partial charge in [-0.05, 0) is 18.8 Å². The van der Waals surface area contributed by atoms with Gasteiger partial charge in [-0.3, -0.25) is 0 Å². The molecule has 2 aliphatic rings. The molecule has 2 nitrogen and oxygen atoms in total. The van der Waals surface area contributed by atoms with E-state index in [9.17, 15) is 4.39 Å². The van der Waals surface area contributed by atoms with E-state index in [-0.39, 0.29) is 17.4 Å². The van der Waals surface area contributed by atoms with E-state index in [2.05, 4.69) is 19.2 Å². The van der Waals surface area contributed by atoms with Crippen LogP contribution in [-0.4, -0.2) is 31.5 Å². The molecule has 0 bridgehead atoms. The van der Waals surface area contributed by atoms with Gasteiger partial charge in [0.1, 0.15) is 5.67 Å². The van der Waals surface area contributed by atoms with Crippen LogP contribution in [0.2, 0.25) is 0 Å². The van der Waals surface area contributed by atoms with Crippen molar-refractivity contribution in [3.63, 3.8) is 0 Å². The largest absolute Gasteiger partial charge is 0.378 e. The van der Waals surface area contributed by atoms with E-state index in [1.54, 1.807) is 0 Å². The number of nitrogens with one attached hydrogen (secondary N) is 1. The van der Waals surface area contributed by atoms with Gasteiger partial charge in [-0.1, -0.05) is 13.8 Å². The predicted molar refractivity (Wildman–Crippen MR) is 54.0 cm³/mol. The van der Waals surface area contributed by atoms with Crippen molar-refractivity contribution in [3.8, 4) is 0 Å². The minimum Gasteiger partial charge on any atom is -0.378 e. The van der Waals surface area contributed by atoms with E-state index < -0.39 is 5.67 Å². The van der Waals surface area contributed by atoms with E-state index in [1.807, 2.05) is 6.92 Å². The van der Waals surface area contributed by atoms with Crippen LogP contribution in [0.5, 0.6) is 0 Å². The van der Waals surface area contributed by atoms with Gasteiger partial charge < -0.3 is 10.1 Å². The molecule has 0 spiro atoms. The third-order valence-electron chi connectivity index (χ3n) is 4.01. The number of hydrogen-bond acceptors (Lipinski definition) is 2. The van der Waals surface area contributed by atoms with E-state index in [0.29, 0.717) is 13.1 Å². The van der Waals surface area contributed by atoms with Gasteiger partial charge in [0.25, 0.3) is 0 Å². The van der Waals surface area contributed by atoms with Crippen molar-refractivity contribution in [1.29, 1.82) is 0 Å². The average molecular weight is 201 g/mol. The number of ether oxygens (including phenoxy) is 1. The van der Waals surface area contributed by atoms with Crippen LogP contribution in [0.25, 0.3) is 0 Å². The van der Waals surface area contributed by atoms with Crippen LogP contribution in [0.15, 0.2) is 0 Å². The highest BCUT2D eigenvalue weighted by Crippen LogP contribution is 2.55. The van der Waals surface area contributed by atoms with Crippen LogP contribution in [0, 0.1) is 11.3 Å². The summed E-state index contributed by atoms with van der Waals surface area (Å²) in [5.74, 6) is 0.174. The fourth-order valence-corrected chi connectivity index (χ4v) is 2.86. The second-order valence-corrected chi connectivity index (χ2v) is 5.19. The highest BCUT2D eigenvalue weighted by molar-refractivity contribution is 5.12. The first-order valence-electron chi connectivity index (χ1n) is 5.52. The van der Waals surface area contributed by atoms with Crippen molar-refractivity contribution in [2.24, 2.45) is 11.3 Å². The van der Waals surface area contributed by atoms with Gasteiger partial charge in [0, 0.05) is 25.6 Å². The molecule has 82 valence electrons. The van der Waals surface area contributed by atoms with E-state index in [1.165, 1.54) is 0 Å². The molecule has 1 aliphatic heterocycles. The van der Waals surface area contributed by atoms with Gasteiger partial charge in [0.15, 0.2) is 0 Å². The first-order chi connectivity index (χ1) is 6.50. The van der Waals surface area contributed by atoms with Crippen molar-refractivity contribution < 1.29 is 9.13 Å². The summed E-state index contributed by atoms with van der Waals surface area (Å²) in [6.07, 6.45) is 1.14. The molecule has 1 saturated carbocycles. The van der Waals surface area contributed by atoms with E-state index in [0.717, 1.165) is 13.0 Å². The zero-order chi connectivity index (χ0) is 10.4. The molecule has 2 fully saturated rings. The molecule has 1 aliphatic carbocycles. The van der Waals surface area contributed by atoms with Crippen molar-refractivity contribution in [3.05, 3.63) is 0 Å². The Balaban J connectivity index is 1.98. The van der Waals surface area contributed by atoms with E-state index >= 15 is 0 Å². The van der Waals surface area contributed by atoms with E-state index in [4.69, 9.17) is 4.74 Å². The van der Waals surface area contributed by atoms with Crippen LogP contribution in [0.3, 0.4) is 0 Å². The Bertz CT molecular complexity index is 225. The Morgan fingerprint density at radius 2 is 2.07 bits per heavy atom. The summed E-state index contributed by atoms with van der Waals surface area (Å²) in [6.45, 7) is 8.04. The smallest absolute Gasteiger partial charge is 0.139 e. The fourth-order valence-electron chi connectivity index (χ4n) is 2.86. The summed E-state index contributed by atoms with van der Waals surface area (Å²) in [7, 11) is 0. The van der Waals surface area contributed by atoms with Gasteiger partial charge in [-0.15, -0.1) is 0 Å². The monoisotopic (exact) mass is 201 g/mol. The zero-order valence-electron chi connectivity index (χ0n) is 9.27. The molecule has 1 heterocycles. The standard InChI is InChI=1S/C11H20FNO/c1-4-14-9-5-8(10(9,2)3)11(12)6-13-7-11/h8-9,13H,4-7H2,1-3H3. The Kier molecular flexibility index (Phi) is 2.35. The highest BCUT2D eigenvalue weighted by atomic mass is 19.1. The lowest BCUT2D eigenvalue weighted by Crippen LogP contribution is -2.69. The summed E-state index contributed by atoms with van der Waals surface area (Å²) in [4.78, 5) is 0. The molecule has 3 heteroatoms. The number of hydrogen-bond donors (Lipinski definition) is 1. The molecule has 0 radical (unpaired) electrons. The molecule has 1 N–H and O–H groups in total. The summed E-state index contributed by atoms with van der Waals surface area (Å²) in [5.41, 5.74) is -0.954. The molecule has 2 unspecified atom stereocenters. The molecule has 0 amide bonds. The van der Waals surface area contributed by atoms with Crippen LogP contribution < -0.4 is 5.32 Å². The topological polar surface area (TPSA) is 21.3 Å². The van der Waals surface area contributed by atoms with Crippen molar-refractivity contribution in [1.82, 2.24) is 5.32 Å². The van der Waals surface area contributed by atoms with Crippen molar-refractivity contribution in [2.75, 3.05) is 19.7 Å². The molecular formula is C11H20FNO.